The molecule has 1 heterocycles. The fourth-order valence-electron chi connectivity index (χ4n) is 2.70. The highest BCUT2D eigenvalue weighted by molar-refractivity contribution is 5.72. The van der Waals surface area contributed by atoms with E-state index >= 15 is 0 Å². The topological polar surface area (TPSA) is 41.6 Å². The van der Waals surface area contributed by atoms with Crippen LogP contribution in [0.15, 0.2) is 24.3 Å². The number of esters is 1. The Morgan fingerprint density at radius 3 is 2.48 bits per heavy atom. The summed E-state index contributed by atoms with van der Waals surface area (Å²) in [5.41, 5.74) is 2.39. The van der Waals surface area contributed by atoms with Gasteiger partial charge in [0.25, 0.3) is 0 Å². The second-order valence-corrected chi connectivity index (χ2v) is 5.78. The van der Waals surface area contributed by atoms with Crippen LogP contribution in [0.1, 0.15) is 33.1 Å². The van der Waals surface area contributed by atoms with E-state index in [-0.39, 0.29) is 11.9 Å². The first-order valence-electron chi connectivity index (χ1n) is 7.83. The normalized spacial score (nSPS) is 17.4. The summed E-state index contributed by atoms with van der Waals surface area (Å²) in [6, 6.07) is 9.07. The van der Waals surface area contributed by atoms with Crippen LogP contribution in [0.2, 0.25) is 0 Å². The Morgan fingerprint density at radius 1 is 1.33 bits per heavy atom. The van der Waals surface area contributed by atoms with Crippen molar-refractivity contribution in [3.63, 3.8) is 0 Å². The molecular weight excluding hydrogens is 264 g/mol. The van der Waals surface area contributed by atoms with Gasteiger partial charge in [0.05, 0.1) is 13.0 Å². The minimum Gasteiger partial charge on any atom is -0.469 e. The van der Waals surface area contributed by atoms with E-state index in [0.717, 1.165) is 38.0 Å². The molecule has 1 aromatic rings. The molecule has 0 aliphatic carbocycles. The molecule has 0 saturated carbocycles. The predicted molar refractivity (Wildman–Crippen MR) is 86.8 cm³/mol. The zero-order valence-corrected chi connectivity index (χ0v) is 13.3. The number of carbonyl (C=O) groups excluding carboxylic acids is 1. The Labute approximate surface area is 127 Å². The number of piperidine rings is 1. The third-order valence-corrected chi connectivity index (χ3v) is 4.29. The zero-order valence-electron chi connectivity index (χ0n) is 13.3. The number of hydrogen-bond donors (Lipinski definition) is 1. The lowest BCUT2D eigenvalue weighted by molar-refractivity contribution is -0.146. The Kier molecular flexibility index (Phi) is 5.48. The van der Waals surface area contributed by atoms with Crippen molar-refractivity contribution in [3.8, 4) is 0 Å². The van der Waals surface area contributed by atoms with Crippen LogP contribution >= 0.6 is 0 Å². The van der Waals surface area contributed by atoms with E-state index < -0.39 is 0 Å². The van der Waals surface area contributed by atoms with E-state index in [2.05, 4.69) is 48.3 Å². The average Bonchev–Trinajstić information content (AvgIpc) is 2.55. The Morgan fingerprint density at radius 2 is 1.95 bits per heavy atom. The first-order valence-corrected chi connectivity index (χ1v) is 7.83. The van der Waals surface area contributed by atoms with Crippen LogP contribution in [0, 0.1) is 5.92 Å². The van der Waals surface area contributed by atoms with Gasteiger partial charge in [-0.05, 0) is 50.5 Å². The summed E-state index contributed by atoms with van der Waals surface area (Å²) in [5, 5.41) is 3.47. The van der Waals surface area contributed by atoms with Crippen molar-refractivity contribution in [2.45, 2.75) is 39.2 Å². The van der Waals surface area contributed by atoms with Gasteiger partial charge in [-0.25, -0.2) is 0 Å². The van der Waals surface area contributed by atoms with E-state index in [1.54, 1.807) is 0 Å². The third-order valence-electron chi connectivity index (χ3n) is 4.29. The number of anilines is 2. The second-order valence-electron chi connectivity index (χ2n) is 5.78. The molecule has 1 fully saturated rings. The Balaban J connectivity index is 1.90. The number of carbonyl (C=O) groups is 1. The lowest BCUT2D eigenvalue weighted by Gasteiger charge is -2.32. The van der Waals surface area contributed by atoms with E-state index in [9.17, 15) is 4.79 Å². The van der Waals surface area contributed by atoms with Crippen LogP contribution in [-0.4, -0.2) is 32.2 Å². The Hall–Kier alpha value is -1.71. The lowest BCUT2D eigenvalue weighted by Crippen LogP contribution is -2.36. The molecule has 1 aliphatic rings. The van der Waals surface area contributed by atoms with Gasteiger partial charge in [0.2, 0.25) is 0 Å². The number of benzene rings is 1. The number of nitrogens with one attached hydrogen (secondary N) is 1. The minimum absolute atomic E-state index is 0.0669. The van der Waals surface area contributed by atoms with E-state index in [0.29, 0.717) is 6.04 Å². The van der Waals surface area contributed by atoms with Crippen molar-refractivity contribution in [1.29, 1.82) is 0 Å². The highest BCUT2D eigenvalue weighted by Crippen LogP contribution is 2.25. The molecule has 1 atom stereocenters. The summed E-state index contributed by atoms with van der Waals surface area (Å²) < 4.78 is 4.83. The molecule has 1 aliphatic heterocycles. The molecule has 1 saturated heterocycles. The summed E-state index contributed by atoms with van der Waals surface area (Å²) in [6.45, 7) is 6.19. The zero-order chi connectivity index (χ0) is 15.2. The molecule has 0 spiro atoms. The first kappa shape index (κ1) is 15.7. The largest absolute Gasteiger partial charge is 0.469 e. The summed E-state index contributed by atoms with van der Waals surface area (Å²) in [5.74, 6) is 0.000319. The van der Waals surface area contributed by atoms with E-state index in [1.165, 1.54) is 12.8 Å². The van der Waals surface area contributed by atoms with Gasteiger partial charge in [0, 0.05) is 30.5 Å². The number of nitrogens with zero attached hydrogens (tertiary/aromatic N) is 1. The molecular formula is C17H26N2O2. The molecule has 4 nitrogen and oxygen atoms in total. The summed E-state index contributed by atoms with van der Waals surface area (Å²) in [7, 11) is 1.47. The first-order chi connectivity index (χ1) is 10.1. The fourth-order valence-corrected chi connectivity index (χ4v) is 2.70. The monoisotopic (exact) mass is 290 g/mol. The summed E-state index contributed by atoms with van der Waals surface area (Å²) >= 11 is 0. The van der Waals surface area contributed by atoms with Crippen LogP contribution in [0.4, 0.5) is 11.4 Å². The molecule has 1 N–H and O–H groups in total. The molecule has 0 amide bonds. The fraction of sp³-hybridized carbons (Fsp3) is 0.588. The number of rotatable bonds is 5. The molecule has 21 heavy (non-hydrogen) atoms. The molecule has 0 aromatic heterocycles. The van der Waals surface area contributed by atoms with Crippen LogP contribution in [0.3, 0.4) is 0 Å². The third kappa shape index (κ3) is 4.13. The van der Waals surface area contributed by atoms with Gasteiger partial charge in [-0.15, -0.1) is 0 Å². The molecule has 1 unspecified atom stereocenters. The maximum Gasteiger partial charge on any atom is 0.308 e. The number of methoxy groups -OCH3 is 1. The van der Waals surface area contributed by atoms with Crippen LogP contribution in [0.5, 0.6) is 0 Å². The van der Waals surface area contributed by atoms with Gasteiger partial charge >= 0.3 is 5.97 Å². The van der Waals surface area contributed by atoms with Crippen molar-refractivity contribution in [3.05, 3.63) is 24.3 Å². The van der Waals surface area contributed by atoms with Crippen LogP contribution in [-0.2, 0) is 9.53 Å². The molecule has 0 bridgehead atoms. The van der Waals surface area contributed by atoms with Crippen molar-refractivity contribution in [2.24, 2.45) is 5.92 Å². The summed E-state index contributed by atoms with van der Waals surface area (Å²) in [6.07, 6.45) is 2.86. The van der Waals surface area contributed by atoms with Crippen molar-refractivity contribution >= 4 is 17.3 Å². The molecule has 0 radical (unpaired) electrons. The SMILES string of the molecule is CCC(C)Nc1ccc(N2CCC(C(=O)OC)CC2)cc1. The smallest absolute Gasteiger partial charge is 0.308 e. The Bertz CT molecular complexity index is 450. The van der Waals surface area contributed by atoms with E-state index in [1.807, 2.05) is 0 Å². The molecule has 2 rings (SSSR count). The molecule has 1 aromatic carbocycles. The van der Waals surface area contributed by atoms with Gasteiger partial charge in [-0.3, -0.25) is 4.79 Å². The number of hydrogen-bond acceptors (Lipinski definition) is 4. The minimum atomic E-state index is -0.0669. The average molecular weight is 290 g/mol. The maximum atomic E-state index is 11.5. The van der Waals surface area contributed by atoms with Crippen molar-refractivity contribution in [2.75, 3.05) is 30.4 Å². The predicted octanol–water partition coefficient (Wildman–Crippen LogP) is 3.29. The van der Waals surface area contributed by atoms with Crippen molar-refractivity contribution in [1.82, 2.24) is 0 Å². The second kappa shape index (κ2) is 7.34. The van der Waals surface area contributed by atoms with Crippen molar-refractivity contribution < 1.29 is 9.53 Å². The quantitative estimate of drug-likeness (QED) is 0.845. The van der Waals surface area contributed by atoms with Gasteiger partial charge in [-0.2, -0.15) is 0 Å². The van der Waals surface area contributed by atoms with Crippen LogP contribution in [0.25, 0.3) is 0 Å². The van der Waals surface area contributed by atoms with Gasteiger partial charge < -0.3 is 15.0 Å². The molecule has 116 valence electrons. The van der Waals surface area contributed by atoms with Gasteiger partial charge in [-0.1, -0.05) is 6.92 Å². The van der Waals surface area contributed by atoms with E-state index in [4.69, 9.17) is 4.74 Å². The standard InChI is InChI=1S/C17H26N2O2/c1-4-13(2)18-15-5-7-16(8-6-15)19-11-9-14(10-12-19)17(20)21-3/h5-8,13-14,18H,4,9-12H2,1-3H3. The summed E-state index contributed by atoms with van der Waals surface area (Å²) in [4.78, 5) is 13.9. The lowest BCUT2D eigenvalue weighted by atomic mass is 9.96. The van der Waals surface area contributed by atoms with Gasteiger partial charge in [0.15, 0.2) is 0 Å². The highest BCUT2D eigenvalue weighted by atomic mass is 16.5. The van der Waals surface area contributed by atoms with Gasteiger partial charge in [0.1, 0.15) is 0 Å². The van der Waals surface area contributed by atoms with Crippen LogP contribution < -0.4 is 10.2 Å². The molecule has 4 heteroatoms. The number of ether oxygens (including phenoxy) is 1. The maximum absolute atomic E-state index is 11.5. The highest BCUT2D eigenvalue weighted by Gasteiger charge is 2.25.